The number of rotatable bonds is 5. The Balaban J connectivity index is 3.21. The maximum absolute atomic E-state index is 10.6. The van der Waals surface area contributed by atoms with Crippen molar-refractivity contribution in [3.8, 4) is 0 Å². The number of hydrogen-bond donors (Lipinski definition) is 1. The van der Waals surface area contributed by atoms with Gasteiger partial charge < -0.3 is 10.0 Å². The first-order chi connectivity index (χ1) is 8.45. The number of nitrogens with zero attached hydrogens (tertiary/aromatic N) is 1. The van der Waals surface area contributed by atoms with E-state index in [0.717, 1.165) is 23.4 Å². The number of carbonyl (C=O) groups is 1. The average molecular weight is 247 g/mol. The lowest BCUT2D eigenvalue weighted by molar-refractivity contribution is -0.131. The van der Waals surface area contributed by atoms with Gasteiger partial charge in [0.15, 0.2) is 0 Å². The third-order valence-electron chi connectivity index (χ3n) is 2.86. The maximum Gasteiger partial charge on any atom is 0.328 e. The normalized spacial score (nSPS) is 11.2. The van der Waals surface area contributed by atoms with Gasteiger partial charge in [0.1, 0.15) is 0 Å². The number of benzene rings is 1. The molecule has 0 saturated heterocycles. The first kappa shape index (κ1) is 14.3. The van der Waals surface area contributed by atoms with Crippen LogP contribution in [0, 0.1) is 6.92 Å². The Morgan fingerprint density at radius 2 is 2.11 bits per heavy atom. The van der Waals surface area contributed by atoms with E-state index in [1.54, 1.807) is 6.08 Å². The molecule has 3 heteroatoms. The number of aliphatic carboxylic acids is 1. The molecule has 0 radical (unpaired) electrons. The lowest BCUT2D eigenvalue weighted by atomic mass is 10.1. The summed E-state index contributed by atoms with van der Waals surface area (Å²) in [6.07, 6.45) is 2.85. The van der Waals surface area contributed by atoms with Gasteiger partial charge in [-0.3, -0.25) is 0 Å². The van der Waals surface area contributed by atoms with Gasteiger partial charge in [0.2, 0.25) is 0 Å². The van der Waals surface area contributed by atoms with Gasteiger partial charge in [-0.2, -0.15) is 0 Å². The number of anilines is 1. The van der Waals surface area contributed by atoms with Crippen LogP contribution in [0.1, 0.15) is 31.9 Å². The van der Waals surface area contributed by atoms with Crippen molar-refractivity contribution >= 4 is 17.7 Å². The van der Waals surface area contributed by atoms with Crippen LogP contribution in [0.2, 0.25) is 0 Å². The Kier molecular flexibility index (Phi) is 4.95. The van der Waals surface area contributed by atoms with E-state index in [-0.39, 0.29) is 0 Å². The van der Waals surface area contributed by atoms with Gasteiger partial charge in [-0.05, 0) is 51.5 Å². The molecule has 1 aromatic rings. The van der Waals surface area contributed by atoms with Crippen LogP contribution in [-0.2, 0) is 4.79 Å². The molecule has 0 aromatic heterocycles. The Morgan fingerprint density at radius 3 is 2.61 bits per heavy atom. The molecule has 3 nitrogen and oxygen atoms in total. The van der Waals surface area contributed by atoms with Crippen molar-refractivity contribution in [2.45, 2.75) is 33.7 Å². The molecule has 0 aliphatic heterocycles. The highest BCUT2D eigenvalue weighted by molar-refractivity contribution is 5.87. The summed E-state index contributed by atoms with van der Waals surface area (Å²) in [6, 6.07) is 6.51. The first-order valence-electron chi connectivity index (χ1n) is 6.24. The van der Waals surface area contributed by atoms with Gasteiger partial charge in [-0.1, -0.05) is 11.6 Å². The molecule has 18 heavy (non-hydrogen) atoms. The molecule has 0 heterocycles. The van der Waals surface area contributed by atoms with Gasteiger partial charge in [-0.15, -0.1) is 0 Å². The van der Waals surface area contributed by atoms with E-state index in [1.807, 2.05) is 13.0 Å². The predicted octanol–water partition coefficient (Wildman–Crippen LogP) is 3.33. The third-order valence-corrected chi connectivity index (χ3v) is 2.86. The summed E-state index contributed by atoms with van der Waals surface area (Å²) >= 11 is 0. The number of aryl methyl sites for hydroxylation is 1. The summed E-state index contributed by atoms with van der Waals surface area (Å²) in [5.41, 5.74) is 3.16. The van der Waals surface area contributed by atoms with Crippen molar-refractivity contribution in [3.05, 3.63) is 35.4 Å². The van der Waals surface area contributed by atoms with E-state index >= 15 is 0 Å². The summed E-state index contributed by atoms with van der Waals surface area (Å²) in [4.78, 5) is 12.9. The summed E-state index contributed by atoms with van der Waals surface area (Å²) in [6.45, 7) is 9.27. The zero-order valence-corrected chi connectivity index (χ0v) is 11.5. The van der Waals surface area contributed by atoms with Crippen LogP contribution < -0.4 is 4.90 Å². The van der Waals surface area contributed by atoms with E-state index in [2.05, 4.69) is 37.8 Å². The van der Waals surface area contributed by atoms with Gasteiger partial charge in [0, 0.05) is 24.4 Å². The van der Waals surface area contributed by atoms with Crippen molar-refractivity contribution in [1.29, 1.82) is 0 Å². The third kappa shape index (κ3) is 3.62. The summed E-state index contributed by atoms with van der Waals surface area (Å²) in [7, 11) is 0. The van der Waals surface area contributed by atoms with Gasteiger partial charge in [0.05, 0.1) is 0 Å². The van der Waals surface area contributed by atoms with E-state index in [1.165, 1.54) is 6.08 Å². The lowest BCUT2D eigenvalue weighted by Crippen LogP contribution is -2.30. The van der Waals surface area contributed by atoms with E-state index in [4.69, 9.17) is 5.11 Å². The minimum atomic E-state index is -0.921. The minimum absolute atomic E-state index is 0.384. The van der Waals surface area contributed by atoms with Crippen LogP contribution >= 0.6 is 0 Å². The average Bonchev–Trinajstić information content (AvgIpc) is 2.29. The smallest absolute Gasteiger partial charge is 0.328 e. The molecule has 0 bridgehead atoms. The Labute approximate surface area is 109 Å². The Morgan fingerprint density at radius 1 is 1.44 bits per heavy atom. The fourth-order valence-electron chi connectivity index (χ4n) is 2.04. The first-order valence-corrected chi connectivity index (χ1v) is 6.24. The highest BCUT2D eigenvalue weighted by Gasteiger charge is 2.11. The molecular weight excluding hydrogens is 226 g/mol. The standard InChI is InChI=1S/C15H21NO2/c1-5-16(11(2)3)14-8-6-12(4)10-13(14)7-9-15(17)18/h6-11H,5H2,1-4H3,(H,17,18)/b9-7+. The molecule has 0 atom stereocenters. The molecule has 1 N–H and O–H groups in total. The fourth-order valence-corrected chi connectivity index (χ4v) is 2.04. The number of hydrogen-bond acceptors (Lipinski definition) is 2. The fraction of sp³-hybridized carbons (Fsp3) is 0.400. The van der Waals surface area contributed by atoms with Crippen molar-refractivity contribution in [1.82, 2.24) is 0 Å². The van der Waals surface area contributed by atoms with E-state index < -0.39 is 5.97 Å². The molecule has 0 amide bonds. The van der Waals surface area contributed by atoms with Crippen LogP contribution in [0.15, 0.2) is 24.3 Å². The van der Waals surface area contributed by atoms with Crippen molar-refractivity contribution in [2.24, 2.45) is 0 Å². The van der Waals surface area contributed by atoms with E-state index in [9.17, 15) is 4.79 Å². The zero-order chi connectivity index (χ0) is 13.7. The minimum Gasteiger partial charge on any atom is -0.478 e. The SMILES string of the molecule is CCN(c1ccc(C)cc1/C=C/C(=O)O)C(C)C. The van der Waals surface area contributed by atoms with Crippen LogP contribution in [-0.4, -0.2) is 23.7 Å². The second-order valence-corrected chi connectivity index (χ2v) is 4.61. The molecule has 0 spiro atoms. The molecular formula is C15H21NO2. The monoisotopic (exact) mass is 247 g/mol. The summed E-state index contributed by atoms with van der Waals surface area (Å²) in [5, 5.41) is 8.74. The topological polar surface area (TPSA) is 40.5 Å². The molecule has 1 aromatic carbocycles. The summed E-state index contributed by atoms with van der Waals surface area (Å²) < 4.78 is 0. The van der Waals surface area contributed by atoms with Crippen LogP contribution in [0.5, 0.6) is 0 Å². The van der Waals surface area contributed by atoms with Gasteiger partial charge >= 0.3 is 5.97 Å². The molecule has 98 valence electrons. The molecule has 1 rings (SSSR count). The van der Waals surface area contributed by atoms with Crippen molar-refractivity contribution in [2.75, 3.05) is 11.4 Å². The lowest BCUT2D eigenvalue weighted by Gasteiger charge is -2.29. The molecule has 0 aliphatic carbocycles. The molecule has 0 unspecified atom stereocenters. The van der Waals surface area contributed by atoms with E-state index in [0.29, 0.717) is 6.04 Å². The highest BCUT2D eigenvalue weighted by atomic mass is 16.4. The Hall–Kier alpha value is -1.77. The quantitative estimate of drug-likeness (QED) is 0.811. The zero-order valence-electron chi connectivity index (χ0n) is 11.5. The molecule has 0 aliphatic rings. The largest absolute Gasteiger partial charge is 0.478 e. The molecule has 0 fully saturated rings. The summed E-state index contributed by atoms with van der Waals surface area (Å²) in [5.74, 6) is -0.921. The van der Waals surface area contributed by atoms with Crippen molar-refractivity contribution in [3.63, 3.8) is 0 Å². The number of carboxylic acids is 1. The second kappa shape index (κ2) is 6.24. The predicted molar refractivity (Wildman–Crippen MR) is 76.0 cm³/mol. The van der Waals surface area contributed by atoms with Gasteiger partial charge in [0.25, 0.3) is 0 Å². The van der Waals surface area contributed by atoms with Crippen molar-refractivity contribution < 1.29 is 9.90 Å². The molecule has 0 saturated carbocycles. The maximum atomic E-state index is 10.6. The van der Waals surface area contributed by atoms with Crippen LogP contribution in [0.25, 0.3) is 6.08 Å². The van der Waals surface area contributed by atoms with Gasteiger partial charge in [-0.25, -0.2) is 4.79 Å². The number of carboxylic acid groups (broad SMARTS) is 1. The second-order valence-electron chi connectivity index (χ2n) is 4.61. The highest BCUT2D eigenvalue weighted by Crippen LogP contribution is 2.25. The van der Waals surface area contributed by atoms with Crippen LogP contribution in [0.3, 0.4) is 0 Å². The van der Waals surface area contributed by atoms with Crippen LogP contribution in [0.4, 0.5) is 5.69 Å². The Bertz CT molecular complexity index is 450.